The van der Waals surface area contributed by atoms with Gasteiger partial charge in [-0.05, 0) is 51.0 Å². The predicted molar refractivity (Wildman–Crippen MR) is 70.8 cm³/mol. The molecule has 1 aliphatic rings. The fraction of sp³-hybridized carbons (Fsp3) is 0.643. The molecule has 1 N–H and O–H groups in total. The molecule has 0 spiro atoms. The van der Waals surface area contributed by atoms with E-state index in [1.54, 1.807) is 0 Å². The van der Waals surface area contributed by atoms with Crippen molar-refractivity contribution >= 4 is 0 Å². The smallest absolute Gasteiger partial charge is 0.0547 e. The maximum absolute atomic E-state index is 4.55. The summed E-state index contributed by atoms with van der Waals surface area (Å²) in [7, 11) is 2.19. The van der Waals surface area contributed by atoms with Crippen LogP contribution in [0.25, 0.3) is 0 Å². The minimum absolute atomic E-state index is 0.782. The van der Waals surface area contributed by atoms with Gasteiger partial charge in [0.1, 0.15) is 0 Å². The van der Waals surface area contributed by atoms with E-state index in [4.69, 9.17) is 0 Å². The van der Waals surface area contributed by atoms with Crippen molar-refractivity contribution in [2.75, 3.05) is 26.7 Å². The van der Waals surface area contributed by atoms with Gasteiger partial charge in [-0.2, -0.15) is 0 Å². The lowest BCUT2D eigenvalue weighted by atomic mass is 9.98. The van der Waals surface area contributed by atoms with Gasteiger partial charge in [0, 0.05) is 18.8 Å². The highest BCUT2D eigenvalue weighted by molar-refractivity contribution is 5.09. The first-order valence-electron chi connectivity index (χ1n) is 6.47. The maximum atomic E-state index is 4.55. The molecule has 1 aromatic heterocycles. The molecule has 1 aromatic rings. The van der Waals surface area contributed by atoms with Gasteiger partial charge in [-0.25, -0.2) is 0 Å². The summed E-state index contributed by atoms with van der Waals surface area (Å²) in [5, 5.41) is 3.46. The van der Waals surface area contributed by atoms with Crippen LogP contribution >= 0.6 is 0 Å². The van der Waals surface area contributed by atoms with E-state index in [-0.39, 0.29) is 0 Å². The van der Waals surface area contributed by atoms with E-state index in [1.165, 1.54) is 12.2 Å². The third-order valence-corrected chi connectivity index (χ3v) is 3.60. The predicted octanol–water partition coefficient (Wildman–Crippen LogP) is 1.68. The molecule has 1 aliphatic heterocycles. The zero-order valence-corrected chi connectivity index (χ0v) is 11.1. The number of hydrogen-bond donors (Lipinski definition) is 1. The summed E-state index contributed by atoms with van der Waals surface area (Å²) in [5.41, 5.74) is 2.28. The van der Waals surface area contributed by atoms with Gasteiger partial charge in [0.2, 0.25) is 0 Å². The Labute approximate surface area is 104 Å². The number of nitrogens with one attached hydrogen (secondary N) is 1. The second kappa shape index (κ2) is 5.61. The van der Waals surface area contributed by atoms with Gasteiger partial charge in [0.15, 0.2) is 0 Å². The molecule has 2 heterocycles. The lowest BCUT2D eigenvalue weighted by molar-refractivity contribution is 0.250. The molecule has 2 atom stereocenters. The molecule has 0 bridgehead atoms. The van der Waals surface area contributed by atoms with E-state index in [2.05, 4.69) is 41.3 Å². The molecule has 2 rings (SSSR count). The van der Waals surface area contributed by atoms with Crippen LogP contribution in [0.4, 0.5) is 0 Å². The average Bonchev–Trinajstić information content (AvgIpc) is 2.64. The third kappa shape index (κ3) is 3.51. The molecule has 0 saturated carbocycles. The van der Waals surface area contributed by atoms with Crippen LogP contribution in [0.3, 0.4) is 0 Å². The Hall–Kier alpha value is -0.930. The molecular formula is C14H23N3. The minimum Gasteiger partial charge on any atom is -0.316 e. The van der Waals surface area contributed by atoms with Crippen molar-refractivity contribution in [3.63, 3.8) is 0 Å². The highest BCUT2D eigenvalue weighted by Gasteiger charge is 2.23. The monoisotopic (exact) mass is 233 g/mol. The van der Waals surface area contributed by atoms with Gasteiger partial charge >= 0.3 is 0 Å². The lowest BCUT2D eigenvalue weighted by Crippen LogP contribution is -2.29. The minimum atomic E-state index is 0.782. The van der Waals surface area contributed by atoms with Crippen molar-refractivity contribution in [2.24, 2.45) is 11.8 Å². The maximum Gasteiger partial charge on any atom is 0.0547 e. The summed E-state index contributed by atoms with van der Waals surface area (Å²) in [6.45, 7) is 8.82. The van der Waals surface area contributed by atoms with E-state index < -0.39 is 0 Å². The van der Waals surface area contributed by atoms with Crippen LogP contribution in [0.15, 0.2) is 18.2 Å². The molecule has 17 heavy (non-hydrogen) atoms. The SMILES string of the molecule is Cc1cccc(CN(C)C[C@@H]2CNC[C@H]2C)n1. The van der Waals surface area contributed by atoms with Crippen LogP contribution in [0, 0.1) is 18.8 Å². The van der Waals surface area contributed by atoms with Crippen molar-refractivity contribution in [3.05, 3.63) is 29.6 Å². The third-order valence-electron chi connectivity index (χ3n) is 3.60. The highest BCUT2D eigenvalue weighted by atomic mass is 15.1. The van der Waals surface area contributed by atoms with Crippen molar-refractivity contribution in [1.82, 2.24) is 15.2 Å². The van der Waals surface area contributed by atoms with E-state index in [0.29, 0.717) is 0 Å². The Morgan fingerprint density at radius 1 is 1.41 bits per heavy atom. The second-order valence-electron chi connectivity index (χ2n) is 5.36. The summed E-state index contributed by atoms with van der Waals surface area (Å²) in [4.78, 5) is 6.93. The Balaban J connectivity index is 1.86. The Bertz CT molecular complexity index is 364. The topological polar surface area (TPSA) is 28.2 Å². The first kappa shape index (κ1) is 12.5. The number of nitrogens with zero attached hydrogens (tertiary/aromatic N) is 2. The second-order valence-corrected chi connectivity index (χ2v) is 5.36. The van der Waals surface area contributed by atoms with Gasteiger partial charge in [0.05, 0.1) is 5.69 Å². The van der Waals surface area contributed by atoms with Gasteiger partial charge in [0.25, 0.3) is 0 Å². The van der Waals surface area contributed by atoms with Crippen LogP contribution in [0.5, 0.6) is 0 Å². The molecule has 94 valence electrons. The Morgan fingerprint density at radius 3 is 2.88 bits per heavy atom. The van der Waals surface area contributed by atoms with E-state index in [9.17, 15) is 0 Å². The van der Waals surface area contributed by atoms with Crippen molar-refractivity contribution in [1.29, 1.82) is 0 Å². The van der Waals surface area contributed by atoms with Crippen molar-refractivity contribution in [3.8, 4) is 0 Å². The standard InChI is InChI=1S/C14H23N3/c1-11-7-15-8-13(11)9-17(3)10-14-6-4-5-12(2)16-14/h4-6,11,13,15H,7-10H2,1-3H3/t11-,13+/m1/s1. The summed E-state index contributed by atoms with van der Waals surface area (Å²) < 4.78 is 0. The molecule has 3 heteroatoms. The summed E-state index contributed by atoms with van der Waals surface area (Å²) in [6.07, 6.45) is 0. The van der Waals surface area contributed by atoms with Crippen LogP contribution in [0.2, 0.25) is 0 Å². The average molecular weight is 233 g/mol. The molecule has 0 unspecified atom stereocenters. The van der Waals surface area contributed by atoms with Crippen LogP contribution in [0.1, 0.15) is 18.3 Å². The van der Waals surface area contributed by atoms with E-state index >= 15 is 0 Å². The molecule has 0 aliphatic carbocycles. The molecular weight excluding hydrogens is 210 g/mol. The first-order valence-corrected chi connectivity index (χ1v) is 6.47. The van der Waals surface area contributed by atoms with Gasteiger partial charge < -0.3 is 10.2 Å². The first-order chi connectivity index (χ1) is 8.15. The summed E-state index contributed by atoms with van der Waals surface area (Å²) >= 11 is 0. The molecule has 3 nitrogen and oxygen atoms in total. The van der Waals surface area contributed by atoms with E-state index in [1.807, 2.05) is 13.0 Å². The van der Waals surface area contributed by atoms with Gasteiger partial charge in [-0.1, -0.05) is 13.0 Å². The zero-order valence-electron chi connectivity index (χ0n) is 11.1. The van der Waals surface area contributed by atoms with Crippen LogP contribution < -0.4 is 5.32 Å². The fourth-order valence-corrected chi connectivity index (χ4v) is 2.54. The molecule has 0 radical (unpaired) electrons. The van der Waals surface area contributed by atoms with Crippen LogP contribution in [-0.2, 0) is 6.54 Å². The molecule has 1 fully saturated rings. The quantitative estimate of drug-likeness (QED) is 0.857. The summed E-state index contributed by atoms with van der Waals surface area (Å²) in [6, 6.07) is 6.25. The van der Waals surface area contributed by atoms with Crippen molar-refractivity contribution < 1.29 is 0 Å². The number of rotatable bonds is 4. The number of hydrogen-bond acceptors (Lipinski definition) is 3. The molecule has 1 saturated heterocycles. The van der Waals surface area contributed by atoms with E-state index in [0.717, 1.165) is 37.2 Å². The molecule has 0 amide bonds. The molecule has 0 aromatic carbocycles. The fourth-order valence-electron chi connectivity index (χ4n) is 2.54. The Morgan fingerprint density at radius 2 is 2.24 bits per heavy atom. The number of aryl methyl sites for hydroxylation is 1. The van der Waals surface area contributed by atoms with Crippen molar-refractivity contribution in [2.45, 2.75) is 20.4 Å². The van der Waals surface area contributed by atoms with Gasteiger partial charge in [-0.3, -0.25) is 4.98 Å². The van der Waals surface area contributed by atoms with Crippen LogP contribution in [-0.4, -0.2) is 36.6 Å². The number of aromatic nitrogens is 1. The lowest BCUT2D eigenvalue weighted by Gasteiger charge is -2.22. The summed E-state index contributed by atoms with van der Waals surface area (Å²) in [5.74, 6) is 1.58. The highest BCUT2D eigenvalue weighted by Crippen LogP contribution is 2.17. The largest absolute Gasteiger partial charge is 0.316 e. The Kier molecular flexibility index (Phi) is 4.13. The van der Waals surface area contributed by atoms with Gasteiger partial charge in [-0.15, -0.1) is 0 Å². The number of pyridine rings is 1. The normalized spacial score (nSPS) is 24.5. The zero-order chi connectivity index (χ0) is 12.3.